The third-order valence-corrected chi connectivity index (χ3v) is 6.08. The Morgan fingerprint density at radius 2 is 1.53 bits per heavy atom. The predicted molar refractivity (Wildman–Crippen MR) is 136 cm³/mol. The normalized spacial score (nSPS) is 11.4. The minimum Gasteiger partial charge on any atom is -0.457 e. The van der Waals surface area contributed by atoms with Gasteiger partial charge >= 0.3 is 0 Å². The molecule has 3 aromatic carbocycles. The van der Waals surface area contributed by atoms with E-state index in [1.807, 2.05) is 48.1 Å². The zero-order chi connectivity index (χ0) is 23.2. The van der Waals surface area contributed by atoms with Crippen LogP contribution in [0.5, 0.6) is 11.5 Å². The molecule has 0 aliphatic carbocycles. The van der Waals surface area contributed by atoms with E-state index < -0.39 is 0 Å². The van der Waals surface area contributed by atoms with Crippen LogP contribution < -0.4 is 4.74 Å². The van der Waals surface area contributed by atoms with Gasteiger partial charge in [0, 0.05) is 34.8 Å². The fourth-order valence-electron chi connectivity index (χ4n) is 4.56. The second-order valence-corrected chi connectivity index (χ2v) is 8.66. The number of pyridine rings is 1. The quantitative estimate of drug-likeness (QED) is 0.292. The largest absolute Gasteiger partial charge is 0.457 e. The molecule has 0 amide bonds. The molecule has 5 nitrogen and oxygen atoms in total. The van der Waals surface area contributed by atoms with E-state index >= 15 is 0 Å². The van der Waals surface area contributed by atoms with E-state index in [9.17, 15) is 0 Å². The fourth-order valence-corrected chi connectivity index (χ4v) is 4.56. The molecule has 5 heteroatoms. The van der Waals surface area contributed by atoms with Crippen molar-refractivity contribution in [3.63, 3.8) is 0 Å². The molecule has 0 aliphatic heterocycles. The highest BCUT2D eigenvalue weighted by atomic mass is 16.5. The molecule has 0 spiro atoms. The van der Waals surface area contributed by atoms with Crippen LogP contribution in [0.15, 0.2) is 91.1 Å². The molecule has 0 atom stereocenters. The zero-order valence-corrected chi connectivity index (χ0v) is 19.4. The lowest BCUT2D eigenvalue weighted by Gasteiger charge is -2.11. The SMILES string of the molecule is Cc1ccc(-n2c3ccccc3c3ccc(Oc4cccc(-n5nc(C)cc5C)c4)cc32)nc1. The molecule has 0 radical (unpaired) electrons. The van der Waals surface area contributed by atoms with Gasteiger partial charge in [0.1, 0.15) is 17.3 Å². The molecule has 166 valence electrons. The molecule has 0 saturated carbocycles. The number of nitrogens with zero attached hydrogens (tertiary/aromatic N) is 4. The van der Waals surface area contributed by atoms with Gasteiger partial charge in [-0.1, -0.05) is 30.3 Å². The van der Waals surface area contributed by atoms with Crippen molar-refractivity contribution in [2.24, 2.45) is 0 Å². The van der Waals surface area contributed by atoms with Gasteiger partial charge in [0.25, 0.3) is 0 Å². The van der Waals surface area contributed by atoms with E-state index in [0.29, 0.717) is 0 Å². The van der Waals surface area contributed by atoms with E-state index in [2.05, 4.69) is 78.1 Å². The highest BCUT2D eigenvalue weighted by Gasteiger charge is 2.14. The molecule has 34 heavy (non-hydrogen) atoms. The molecule has 0 N–H and O–H groups in total. The topological polar surface area (TPSA) is 44.9 Å². The van der Waals surface area contributed by atoms with Crippen molar-refractivity contribution in [2.75, 3.05) is 0 Å². The van der Waals surface area contributed by atoms with Crippen LogP contribution in [0, 0.1) is 20.8 Å². The van der Waals surface area contributed by atoms with Crippen LogP contribution in [0.1, 0.15) is 17.0 Å². The lowest BCUT2D eigenvalue weighted by atomic mass is 10.1. The molecule has 0 aliphatic rings. The highest BCUT2D eigenvalue weighted by molar-refractivity contribution is 6.09. The summed E-state index contributed by atoms with van der Waals surface area (Å²) < 4.78 is 10.5. The maximum absolute atomic E-state index is 6.33. The van der Waals surface area contributed by atoms with Crippen molar-refractivity contribution in [2.45, 2.75) is 20.8 Å². The van der Waals surface area contributed by atoms with E-state index in [0.717, 1.165) is 51.0 Å². The Hall–Kier alpha value is -4.38. The molecule has 0 bridgehead atoms. The van der Waals surface area contributed by atoms with Gasteiger partial charge in [-0.3, -0.25) is 4.57 Å². The van der Waals surface area contributed by atoms with E-state index in [1.165, 1.54) is 10.8 Å². The first-order valence-electron chi connectivity index (χ1n) is 11.3. The second-order valence-electron chi connectivity index (χ2n) is 8.66. The fraction of sp³-hybridized carbons (Fsp3) is 0.103. The standard InChI is InChI=1S/C29H24N4O/c1-19-11-14-29(30-18-19)32-27-10-5-4-9-25(27)26-13-12-24(17-28(26)32)34-23-8-6-7-22(16-23)33-21(3)15-20(2)31-33/h4-18H,1-3H3. The first kappa shape index (κ1) is 20.2. The van der Waals surface area contributed by atoms with E-state index in [1.54, 1.807) is 0 Å². The number of benzene rings is 3. The summed E-state index contributed by atoms with van der Waals surface area (Å²) in [4.78, 5) is 4.70. The van der Waals surface area contributed by atoms with Gasteiger partial charge in [0.15, 0.2) is 0 Å². The smallest absolute Gasteiger partial charge is 0.137 e. The monoisotopic (exact) mass is 444 g/mol. The zero-order valence-electron chi connectivity index (χ0n) is 19.4. The molecule has 6 rings (SSSR count). The summed E-state index contributed by atoms with van der Waals surface area (Å²) in [6, 6.07) is 28.9. The average Bonchev–Trinajstić information content (AvgIpc) is 3.35. The third-order valence-electron chi connectivity index (χ3n) is 6.08. The van der Waals surface area contributed by atoms with Crippen LogP contribution in [-0.4, -0.2) is 19.3 Å². The van der Waals surface area contributed by atoms with Crippen LogP contribution in [0.3, 0.4) is 0 Å². The third kappa shape index (κ3) is 3.42. The lowest BCUT2D eigenvalue weighted by Crippen LogP contribution is -1.99. The highest BCUT2D eigenvalue weighted by Crippen LogP contribution is 2.35. The first-order chi connectivity index (χ1) is 16.6. The Morgan fingerprint density at radius 1 is 0.706 bits per heavy atom. The molecule has 3 heterocycles. The molecule has 0 saturated heterocycles. The molecule has 0 unspecified atom stereocenters. The van der Waals surface area contributed by atoms with E-state index in [4.69, 9.17) is 9.72 Å². The number of aromatic nitrogens is 4. The number of hydrogen-bond acceptors (Lipinski definition) is 3. The van der Waals surface area contributed by atoms with Crippen molar-refractivity contribution >= 4 is 21.8 Å². The minimum absolute atomic E-state index is 0.764. The Kier molecular flexibility index (Phi) is 4.69. The van der Waals surface area contributed by atoms with Crippen LogP contribution >= 0.6 is 0 Å². The number of ether oxygens (including phenoxy) is 1. The van der Waals surface area contributed by atoms with Crippen molar-refractivity contribution in [3.05, 3.63) is 108 Å². The average molecular weight is 445 g/mol. The Labute approximate surface area is 197 Å². The minimum atomic E-state index is 0.764. The number of hydrogen-bond donors (Lipinski definition) is 0. The number of aryl methyl sites for hydroxylation is 3. The Balaban J connectivity index is 1.45. The molecule has 6 aromatic rings. The maximum atomic E-state index is 6.33. The van der Waals surface area contributed by atoms with Gasteiger partial charge < -0.3 is 4.74 Å². The van der Waals surface area contributed by atoms with Crippen LogP contribution in [0.25, 0.3) is 33.3 Å². The van der Waals surface area contributed by atoms with E-state index in [-0.39, 0.29) is 0 Å². The van der Waals surface area contributed by atoms with Crippen molar-refractivity contribution in [1.29, 1.82) is 0 Å². The summed E-state index contributed by atoms with van der Waals surface area (Å²) in [5, 5.41) is 6.96. The summed E-state index contributed by atoms with van der Waals surface area (Å²) in [5.41, 5.74) is 6.37. The van der Waals surface area contributed by atoms with Crippen molar-refractivity contribution in [1.82, 2.24) is 19.3 Å². The Morgan fingerprint density at radius 3 is 2.32 bits per heavy atom. The van der Waals surface area contributed by atoms with Gasteiger partial charge in [-0.2, -0.15) is 5.10 Å². The number of para-hydroxylation sites is 1. The van der Waals surface area contributed by atoms with Crippen LogP contribution in [0.4, 0.5) is 0 Å². The van der Waals surface area contributed by atoms with Gasteiger partial charge in [0.05, 0.1) is 22.4 Å². The predicted octanol–water partition coefficient (Wildman–Crippen LogP) is 7.08. The van der Waals surface area contributed by atoms with Gasteiger partial charge in [0.2, 0.25) is 0 Å². The summed E-state index contributed by atoms with van der Waals surface area (Å²) in [5.74, 6) is 2.43. The molecular weight excluding hydrogens is 420 g/mol. The van der Waals surface area contributed by atoms with Crippen molar-refractivity contribution < 1.29 is 4.74 Å². The van der Waals surface area contributed by atoms with Gasteiger partial charge in [-0.15, -0.1) is 0 Å². The van der Waals surface area contributed by atoms with Gasteiger partial charge in [-0.05, 0) is 68.8 Å². The molecule has 3 aromatic heterocycles. The molecule has 0 fully saturated rings. The second kappa shape index (κ2) is 7.89. The number of rotatable bonds is 4. The van der Waals surface area contributed by atoms with Crippen LogP contribution in [-0.2, 0) is 0 Å². The maximum Gasteiger partial charge on any atom is 0.137 e. The number of fused-ring (bicyclic) bond motifs is 3. The summed E-state index contributed by atoms with van der Waals surface area (Å²) in [6.45, 7) is 6.11. The van der Waals surface area contributed by atoms with Crippen molar-refractivity contribution in [3.8, 4) is 23.0 Å². The summed E-state index contributed by atoms with van der Waals surface area (Å²) >= 11 is 0. The lowest BCUT2D eigenvalue weighted by molar-refractivity contribution is 0.483. The first-order valence-corrected chi connectivity index (χ1v) is 11.3. The summed E-state index contributed by atoms with van der Waals surface area (Å²) in [7, 11) is 0. The summed E-state index contributed by atoms with van der Waals surface area (Å²) in [6.07, 6.45) is 1.90. The van der Waals surface area contributed by atoms with Gasteiger partial charge in [-0.25, -0.2) is 9.67 Å². The van der Waals surface area contributed by atoms with Crippen LogP contribution in [0.2, 0.25) is 0 Å². The molecular formula is C29H24N4O. The Bertz CT molecular complexity index is 1660.